The van der Waals surface area contributed by atoms with E-state index < -0.39 is 17.4 Å². The van der Waals surface area contributed by atoms with Gasteiger partial charge in [-0.25, -0.2) is 14.2 Å². The van der Waals surface area contributed by atoms with Gasteiger partial charge in [0.2, 0.25) is 0 Å². The Kier molecular flexibility index (Phi) is 5.10. The van der Waals surface area contributed by atoms with E-state index in [9.17, 15) is 22.4 Å². The molecule has 0 saturated heterocycles. The SMILES string of the molecule is Cc1nn2c(=O)[nH]c(SCc3ccc(C(F)(F)F)cc3)nc2c1-c1ccc(F)cc1. The van der Waals surface area contributed by atoms with E-state index in [4.69, 9.17) is 0 Å². The lowest BCUT2D eigenvalue weighted by atomic mass is 10.1. The van der Waals surface area contributed by atoms with Crippen LogP contribution in [0.4, 0.5) is 17.6 Å². The van der Waals surface area contributed by atoms with Gasteiger partial charge in [0.1, 0.15) is 5.82 Å². The van der Waals surface area contributed by atoms with Crippen molar-refractivity contribution in [3.05, 3.63) is 81.7 Å². The Morgan fingerprint density at radius 2 is 1.73 bits per heavy atom. The van der Waals surface area contributed by atoms with Crippen LogP contribution in [0.15, 0.2) is 58.5 Å². The van der Waals surface area contributed by atoms with Crippen LogP contribution >= 0.6 is 11.8 Å². The standard InChI is InChI=1S/C20H14F4N4OS/c1-11-16(13-4-8-15(21)9-5-13)17-25-18(26-19(29)28(17)27-11)30-10-12-2-6-14(7-3-12)20(22,23)24/h2-9H,10H2,1H3,(H,25,26,29). The number of benzene rings is 2. The Bertz CT molecular complexity index is 1260. The largest absolute Gasteiger partial charge is 0.416 e. The maximum absolute atomic E-state index is 13.3. The van der Waals surface area contributed by atoms with E-state index in [1.54, 1.807) is 19.1 Å². The second kappa shape index (κ2) is 7.60. The van der Waals surface area contributed by atoms with Crippen molar-refractivity contribution in [3.63, 3.8) is 0 Å². The third-order valence-electron chi connectivity index (χ3n) is 4.44. The number of alkyl halides is 3. The van der Waals surface area contributed by atoms with E-state index in [1.165, 1.54) is 36.0 Å². The van der Waals surface area contributed by atoms with Crippen LogP contribution in [-0.4, -0.2) is 19.6 Å². The van der Waals surface area contributed by atoms with Gasteiger partial charge in [0.05, 0.1) is 11.3 Å². The number of rotatable bonds is 4. The molecule has 0 bridgehead atoms. The molecule has 2 heterocycles. The molecule has 0 fully saturated rings. The zero-order valence-corrected chi connectivity index (χ0v) is 16.3. The molecule has 0 unspecified atom stereocenters. The van der Waals surface area contributed by atoms with Gasteiger partial charge < -0.3 is 0 Å². The van der Waals surface area contributed by atoms with E-state index in [1.807, 2.05) is 0 Å². The number of aryl methyl sites for hydroxylation is 1. The predicted octanol–water partition coefficient (Wildman–Crippen LogP) is 4.84. The van der Waals surface area contributed by atoms with Gasteiger partial charge in [0.25, 0.3) is 0 Å². The number of halogens is 4. The Hall–Kier alpha value is -3.14. The van der Waals surface area contributed by atoms with Crippen LogP contribution in [0.5, 0.6) is 0 Å². The van der Waals surface area contributed by atoms with Crippen molar-refractivity contribution in [2.45, 2.75) is 24.0 Å². The number of aromatic amines is 1. The monoisotopic (exact) mass is 434 g/mol. The number of aromatic nitrogens is 4. The molecule has 4 aromatic rings. The van der Waals surface area contributed by atoms with Gasteiger partial charge in [-0.15, -0.1) is 0 Å². The van der Waals surface area contributed by atoms with Crippen molar-refractivity contribution in [2.24, 2.45) is 0 Å². The smallest absolute Gasteiger partial charge is 0.285 e. The Morgan fingerprint density at radius 3 is 2.37 bits per heavy atom. The molecule has 0 amide bonds. The van der Waals surface area contributed by atoms with Crippen molar-refractivity contribution in [3.8, 4) is 11.1 Å². The zero-order valence-electron chi connectivity index (χ0n) is 15.5. The maximum atomic E-state index is 13.3. The molecule has 4 rings (SSSR count). The summed E-state index contributed by atoms with van der Waals surface area (Å²) in [6.45, 7) is 1.72. The molecule has 0 saturated carbocycles. The van der Waals surface area contributed by atoms with Crippen LogP contribution in [0.3, 0.4) is 0 Å². The average Bonchev–Trinajstić information content (AvgIpc) is 3.03. The summed E-state index contributed by atoms with van der Waals surface area (Å²) in [6.07, 6.45) is -4.39. The quantitative estimate of drug-likeness (QED) is 0.369. The van der Waals surface area contributed by atoms with Gasteiger partial charge in [0, 0.05) is 11.3 Å². The third kappa shape index (κ3) is 3.95. The van der Waals surface area contributed by atoms with Crippen LogP contribution in [0, 0.1) is 12.7 Å². The van der Waals surface area contributed by atoms with Crippen molar-refractivity contribution < 1.29 is 17.6 Å². The number of hydrogen-bond donors (Lipinski definition) is 1. The van der Waals surface area contributed by atoms with E-state index in [-0.39, 0.29) is 5.82 Å². The highest BCUT2D eigenvalue weighted by Crippen LogP contribution is 2.31. The van der Waals surface area contributed by atoms with Crippen molar-refractivity contribution in [1.82, 2.24) is 19.6 Å². The third-order valence-corrected chi connectivity index (χ3v) is 5.38. The summed E-state index contributed by atoms with van der Waals surface area (Å²) >= 11 is 1.18. The maximum Gasteiger partial charge on any atom is 0.416 e. The van der Waals surface area contributed by atoms with Crippen molar-refractivity contribution in [2.75, 3.05) is 0 Å². The molecule has 0 spiro atoms. The average molecular weight is 434 g/mol. The number of fused-ring (bicyclic) bond motifs is 1. The van der Waals surface area contributed by atoms with Crippen LogP contribution < -0.4 is 5.69 Å². The molecule has 30 heavy (non-hydrogen) atoms. The van der Waals surface area contributed by atoms with E-state index in [2.05, 4.69) is 15.1 Å². The van der Waals surface area contributed by atoms with E-state index >= 15 is 0 Å². The summed E-state index contributed by atoms with van der Waals surface area (Å²) in [6, 6.07) is 10.6. The molecule has 0 atom stereocenters. The normalized spacial score (nSPS) is 11.9. The molecule has 1 N–H and O–H groups in total. The number of hydrogen-bond acceptors (Lipinski definition) is 4. The topological polar surface area (TPSA) is 63.1 Å². The second-order valence-electron chi connectivity index (χ2n) is 6.53. The summed E-state index contributed by atoms with van der Waals surface area (Å²) in [5, 5.41) is 4.51. The van der Waals surface area contributed by atoms with Gasteiger partial charge in [-0.3, -0.25) is 4.98 Å². The van der Waals surface area contributed by atoms with Gasteiger partial charge in [-0.1, -0.05) is 36.0 Å². The fourth-order valence-corrected chi connectivity index (χ4v) is 3.80. The van der Waals surface area contributed by atoms with Crippen LogP contribution in [-0.2, 0) is 11.9 Å². The fourth-order valence-electron chi connectivity index (χ4n) is 2.99. The van der Waals surface area contributed by atoms with Crippen molar-refractivity contribution in [1.29, 1.82) is 0 Å². The first-order valence-electron chi connectivity index (χ1n) is 8.77. The lowest BCUT2D eigenvalue weighted by molar-refractivity contribution is -0.137. The van der Waals surface area contributed by atoms with Gasteiger partial charge in [0.15, 0.2) is 10.8 Å². The number of nitrogens with one attached hydrogen (secondary N) is 1. The second-order valence-corrected chi connectivity index (χ2v) is 7.50. The first kappa shape index (κ1) is 20.1. The lowest BCUT2D eigenvalue weighted by Crippen LogP contribution is -2.19. The highest BCUT2D eigenvalue weighted by atomic mass is 32.2. The summed E-state index contributed by atoms with van der Waals surface area (Å²) in [7, 11) is 0. The van der Waals surface area contributed by atoms with Gasteiger partial charge in [-0.05, 0) is 42.3 Å². The fraction of sp³-hybridized carbons (Fsp3) is 0.150. The van der Waals surface area contributed by atoms with Gasteiger partial charge >= 0.3 is 11.9 Å². The van der Waals surface area contributed by atoms with Crippen LogP contribution in [0.25, 0.3) is 16.8 Å². The van der Waals surface area contributed by atoms with E-state index in [0.29, 0.717) is 38.9 Å². The minimum atomic E-state index is -4.39. The van der Waals surface area contributed by atoms with Crippen LogP contribution in [0.1, 0.15) is 16.8 Å². The molecule has 0 aliphatic carbocycles. The number of nitrogens with zero attached hydrogens (tertiary/aromatic N) is 3. The first-order valence-corrected chi connectivity index (χ1v) is 9.75. The molecule has 2 aromatic carbocycles. The minimum absolute atomic E-state index is 0.302. The zero-order chi connectivity index (χ0) is 21.5. The molecule has 0 aliphatic rings. The molecule has 154 valence electrons. The molecule has 2 aromatic heterocycles. The Morgan fingerprint density at radius 1 is 1.07 bits per heavy atom. The van der Waals surface area contributed by atoms with E-state index in [0.717, 1.165) is 16.6 Å². The molecular formula is C20H14F4N4OS. The predicted molar refractivity (Wildman–Crippen MR) is 105 cm³/mol. The molecule has 5 nitrogen and oxygen atoms in total. The summed E-state index contributed by atoms with van der Waals surface area (Å²) < 4.78 is 52.4. The number of thioether (sulfide) groups is 1. The Labute approximate surface area is 171 Å². The highest BCUT2D eigenvalue weighted by Gasteiger charge is 2.29. The van der Waals surface area contributed by atoms with Crippen molar-refractivity contribution >= 4 is 17.4 Å². The molecule has 10 heteroatoms. The number of H-pyrrole nitrogens is 1. The summed E-state index contributed by atoms with van der Waals surface area (Å²) in [5.41, 5.74) is 1.59. The summed E-state index contributed by atoms with van der Waals surface area (Å²) in [4.78, 5) is 19.5. The Balaban J connectivity index is 1.65. The molecule has 0 radical (unpaired) electrons. The highest BCUT2D eigenvalue weighted by molar-refractivity contribution is 7.98. The minimum Gasteiger partial charge on any atom is -0.285 e. The molecular weight excluding hydrogens is 420 g/mol. The molecule has 0 aliphatic heterocycles. The van der Waals surface area contributed by atoms with Gasteiger partial charge in [-0.2, -0.15) is 22.8 Å². The van der Waals surface area contributed by atoms with Crippen LogP contribution in [0.2, 0.25) is 0 Å². The first-order chi connectivity index (χ1) is 14.2. The summed E-state index contributed by atoms with van der Waals surface area (Å²) in [5.74, 6) is -0.0672. The lowest BCUT2D eigenvalue weighted by Gasteiger charge is -2.07.